The molecule has 0 aliphatic heterocycles. The SMILES string of the molecule is CC1(C)Cc2ccsc2C1C#N. The minimum atomic E-state index is 0.118. The van der Waals surface area contributed by atoms with E-state index in [2.05, 4.69) is 31.4 Å². The maximum absolute atomic E-state index is 9.02. The quantitative estimate of drug-likeness (QED) is 0.597. The molecule has 1 aliphatic rings. The Balaban J connectivity index is 2.50. The second-order valence-corrected chi connectivity index (χ2v) is 4.99. The summed E-state index contributed by atoms with van der Waals surface area (Å²) in [4.78, 5) is 1.29. The van der Waals surface area contributed by atoms with E-state index in [1.165, 1.54) is 10.4 Å². The normalized spacial score (nSPS) is 24.9. The van der Waals surface area contributed by atoms with E-state index in [0.717, 1.165) is 6.42 Å². The molecule has 1 heterocycles. The third kappa shape index (κ3) is 0.899. The molecule has 0 saturated carbocycles. The second-order valence-electron chi connectivity index (χ2n) is 4.04. The molecule has 0 bridgehead atoms. The zero-order valence-corrected chi connectivity index (χ0v) is 8.11. The van der Waals surface area contributed by atoms with Gasteiger partial charge < -0.3 is 0 Å². The van der Waals surface area contributed by atoms with Gasteiger partial charge in [0, 0.05) is 4.88 Å². The number of nitrogens with zero attached hydrogens (tertiary/aromatic N) is 1. The predicted molar refractivity (Wildman–Crippen MR) is 50.2 cm³/mol. The van der Waals surface area contributed by atoms with Crippen LogP contribution in [0.4, 0.5) is 0 Å². The topological polar surface area (TPSA) is 23.8 Å². The van der Waals surface area contributed by atoms with Gasteiger partial charge in [-0.3, -0.25) is 0 Å². The molecule has 1 aromatic rings. The summed E-state index contributed by atoms with van der Waals surface area (Å²) in [6.45, 7) is 4.35. The van der Waals surface area contributed by atoms with Crippen molar-refractivity contribution in [1.82, 2.24) is 0 Å². The summed E-state index contributed by atoms with van der Waals surface area (Å²) >= 11 is 1.72. The molecule has 1 atom stereocenters. The molecule has 62 valence electrons. The molecule has 1 unspecified atom stereocenters. The highest BCUT2D eigenvalue weighted by atomic mass is 32.1. The third-order valence-electron chi connectivity index (χ3n) is 2.60. The lowest BCUT2D eigenvalue weighted by Crippen LogP contribution is -2.15. The van der Waals surface area contributed by atoms with Gasteiger partial charge >= 0.3 is 0 Å². The van der Waals surface area contributed by atoms with Crippen LogP contribution in [0.25, 0.3) is 0 Å². The highest BCUT2D eigenvalue weighted by molar-refractivity contribution is 7.10. The van der Waals surface area contributed by atoms with Crippen LogP contribution in [0.15, 0.2) is 11.4 Å². The van der Waals surface area contributed by atoms with Gasteiger partial charge in [-0.1, -0.05) is 13.8 Å². The fraction of sp³-hybridized carbons (Fsp3) is 0.500. The lowest BCUT2D eigenvalue weighted by molar-refractivity contribution is 0.361. The van der Waals surface area contributed by atoms with Crippen LogP contribution in [0.5, 0.6) is 0 Å². The van der Waals surface area contributed by atoms with Crippen LogP contribution in [-0.4, -0.2) is 0 Å². The molecule has 1 nitrogen and oxygen atoms in total. The summed E-state index contributed by atoms with van der Waals surface area (Å²) in [6, 6.07) is 4.56. The second kappa shape index (κ2) is 2.34. The average Bonchev–Trinajstić information content (AvgIpc) is 2.43. The first kappa shape index (κ1) is 7.82. The molecule has 2 rings (SSSR count). The van der Waals surface area contributed by atoms with E-state index in [-0.39, 0.29) is 11.3 Å². The van der Waals surface area contributed by atoms with Crippen LogP contribution in [0.1, 0.15) is 30.2 Å². The van der Waals surface area contributed by atoms with E-state index < -0.39 is 0 Å². The van der Waals surface area contributed by atoms with E-state index in [9.17, 15) is 0 Å². The molecule has 0 N–H and O–H groups in total. The highest BCUT2D eigenvalue weighted by Gasteiger charge is 2.39. The highest BCUT2D eigenvalue weighted by Crippen LogP contribution is 2.48. The van der Waals surface area contributed by atoms with Gasteiger partial charge in [-0.05, 0) is 28.8 Å². The van der Waals surface area contributed by atoms with Gasteiger partial charge in [-0.2, -0.15) is 5.26 Å². The predicted octanol–water partition coefficient (Wildman–Crippen LogP) is 2.94. The van der Waals surface area contributed by atoms with E-state index in [1.54, 1.807) is 11.3 Å². The average molecular weight is 177 g/mol. The van der Waals surface area contributed by atoms with Gasteiger partial charge in [0.1, 0.15) is 0 Å². The van der Waals surface area contributed by atoms with Crippen LogP contribution in [-0.2, 0) is 6.42 Å². The molecule has 0 fully saturated rings. The van der Waals surface area contributed by atoms with Crippen LogP contribution in [0, 0.1) is 16.7 Å². The first-order valence-electron chi connectivity index (χ1n) is 4.11. The van der Waals surface area contributed by atoms with Gasteiger partial charge in [0.25, 0.3) is 0 Å². The Hall–Kier alpha value is -0.810. The van der Waals surface area contributed by atoms with Crippen molar-refractivity contribution < 1.29 is 0 Å². The van der Waals surface area contributed by atoms with Crippen molar-refractivity contribution in [3.63, 3.8) is 0 Å². The molecule has 2 heteroatoms. The van der Waals surface area contributed by atoms with E-state index >= 15 is 0 Å². The molecular formula is C10H11NS. The van der Waals surface area contributed by atoms with Crippen molar-refractivity contribution in [3.8, 4) is 6.07 Å². The van der Waals surface area contributed by atoms with Crippen LogP contribution in [0.2, 0.25) is 0 Å². The van der Waals surface area contributed by atoms with Gasteiger partial charge in [0.15, 0.2) is 0 Å². The maximum atomic E-state index is 9.02. The Morgan fingerprint density at radius 2 is 2.42 bits per heavy atom. The zero-order valence-electron chi connectivity index (χ0n) is 7.29. The minimum absolute atomic E-state index is 0.118. The third-order valence-corrected chi connectivity index (χ3v) is 3.62. The van der Waals surface area contributed by atoms with Crippen molar-refractivity contribution >= 4 is 11.3 Å². The molecule has 0 amide bonds. The molecule has 0 spiro atoms. The number of fused-ring (bicyclic) bond motifs is 1. The van der Waals surface area contributed by atoms with Crippen molar-refractivity contribution in [3.05, 3.63) is 21.9 Å². The Bertz CT molecular complexity index is 343. The summed E-state index contributed by atoms with van der Waals surface area (Å²) in [7, 11) is 0. The zero-order chi connectivity index (χ0) is 8.77. The fourth-order valence-corrected chi connectivity index (χ4v) is 3.11. The Morgan fingerprint density at radius 3 is 3.08 bits per heavy atom. The van der Waals surface area contributed by atoms with Crippen LogP contribution < -0.4 is 0 Å². The number of hydrogen-bond donors (Lipinski definition) is 0. The summed E-state index contributed by atoms with van der Waals surface area (Å²) in [5, 5.41) is 11.1. The maximum Gasteiger partial charge on any atom is 0.0862 e. The van der Waals surface area contributed by atoms with Gasteiger partial charge in [-0.15, -0.1) is 11.3 Å². The standard InChI is InChI=1S/C10H11NS/c1-10(2)5-7-3-4-12-9(7)8(10)6-11/h3-4,8H,5H2,1-2H3. The van der Waals surface area contributed by atoms with E-state index in [1.807, 2.05) is 0 Å². The molecule has 0 saturated heterocycles. The summed E-state index contributed by atoms with van der Waals surface area (Å²) in [6.07, 6.45) is 1.06. The molecule has 1 aliphatic carbocycles. The van der Waals surface area contributed by atoms with Crippen LogP contribution >= 0.6 is 11.3 Å². The van der Waals surface area contributed by atoms with E-state index in [0.29, 0.717) is 0 Å². The first-order chi connectivity index (χ1) is 5.65. The number of nitriles is 1. The molecule has 0 aromatic carbocycles. The monoisotopic (exact) mass is 177 g/mol. The number of thiophene rings is 1. The van der Waals surface area contributed by atoms with Crippen molar-refractivity contribution in [2.45, 2.75) is 26.2 Å². The van der Waals surface area contributed by atoms with Crippen molar-refractivity contribution in [2.24, 2.45) is 5.41 Å². The Kier molecular flexibility index (Phi) is 1.52. The largest absolute Gasteiger partial charge is 0.198 e. The Labute approximate surface area is 76.6 Å². The van der Waals surface area contributed by atoms with Crippen molar-refractivity contribution in [1.29, 1.82) is 5.26 Å². The lowest BCUT2D eigenvalue weighted by Gasteiger charge is -2.20. The smallest absolute Gasteiger partial charge is 0.0862 e. The summed E-state index contributed by atoms with van der Waals surface area (Å²) in [5.74, 6) is 0.118. The molecule has 12 heavy (non-hydrogen) atoms. The summed E-state index contributed by atoms with van der Waals surface area (Å²) < 4.78 is 0. The van der Waals surface area contributed by atoms with E-state index in [4.69, 9.17) is 5.26 Å². The van der Waals surface area contributed by atoms with Gasteiger partial charge in [0.2, 0.25) is 0 Å². The molecule has 1 aromatic heterocycles. The van der Waals surface area contributed by atoms with Gasteiger partial charge in [-0.25, -0.2) is 0 Å². The van der Waals surface area contributed by atoms with Gasteiger partial charge in [0.05, 0.1) is 12.0 Å². The van der Waals surface area contributed by atoms with Crippen LogP contribution in [0.3, 0.4) is 0 Å². The Morgan fingerprint density at radius 1 is 1.67 bits per heavy atom. The fourth-order valence-electron chi connectivity index (χ4n) is 1.93. The first-order valence-corrected chi connectivity index (χ1v) is 4.99. The molecular weight excluding hydrogens is 166 g/mol. The summed E-state index contributed by atoms with van der Waals surface area (Å²) in [5.41, 5.74) is 1.54. The number of hydrogen-bond acceptors (Lipinski definition) is 2. The number of rotatable bonds is 0. The lowest BCUT2D eigenvalue weighted by atomic mass is 9.82. The van der Waals surface area contributed by atoms with Crippen molar-refractivity contribution in [2.75, 3.05) is 0 Å². The minimum Gasteiger partial charge on any atom is -0.198 e. The molecule has 0 radical (unpaired) electrons.